The number of hydrogen-bond donors (Lipinski definition) is 2. The summed E-state index contributed by atoms with van der Waals surface area (Å²) in [6, 6.07) is 0. The Kier molecular flexibility index (Phi) is 4.42. The van der Waals surface area contributed by atoms with E-state index >= 15 is 0 Å². The Bertz CT molecular complexity index is 172. The molecule has 1 heterocycles. The molecule has 2 aliphatic rings. The number of aliphatic hydroxyl groups is 1. The molecule has 2 fully saturated rings. The van der Waals surface area contributed by atoms with Gasteiger partial charge in [0.05, 0.1) is 12.7 Å². The van der Waals surface area contributed by atoms with E-state index in [9.17, 15) is 5.11 Å². The summed E-state index contributed by atoms with van der Waals surface area (Å²) in [6.07, 6.45) is 5.57. The summed E-state index contributed by atoms with van der Waals surface area (Å²) in [6.45, 7) is 4.13. The van der Waals surface area contributed by atoms with Gasteiger partial charge in [-0.15, -0.1) is 0 Å². The van der Waals surface area contributed by atoms with E-state index in [4.69, 9.17) is 4.74 Å². The zero-order chi connectivity index (χ0) is 10.5. The molecule has 1 saturated carbocycles. The van der Waals surface area contributed by atoms with Gasteiger partial charge in [0.2, 0.25) is 0 Å². The van der Waals surface area contributed by atoms with Gasteiger partial charge >= 0.3 is 0 Å². The van der Waals surface area contributed by atoms with Crippen LogP contribution in [0.4, 0.5) is 0 Å². The molecule has 1 unspecified atom stereocenters. The van der Waals surface area contributed by atoms with E-state index in [0.29, 0.717) is 0 Å². The highest BCUT2D eigenvalue weighted by molar-refractivity contribution is 4.74. The van der Waals surface area contributed by atoms with Crippen molar-refractivity contribution in [3.63, 3.8) is 0 Å². The molecule has 88 valence electrons. The molecule has 15 heavy (non-hydrogen) atoms. The fourth-order valence-corrected chi connectivity index (χ4v) is 2.58. The van der Waals surface area contributed by atoms with Crippen molar-refractivity contribution in [3.8, 4) is 0 Å². The minimum absolute atomic E-state index is 0.0236. The standard InChI is InChI=1S/C12H23NO2/c14-12-3-1-10(2-4-12)7-13-8-11-5-6-15-9-11/h10-14H,1-9H2. The van der Waals surface area contributed by atoms with E-state index in [0.717, 1.165) is 51.0 Å². The molecule has 0 aromatic rings. The Morgan fingerprint density at radius 1 is 1.00 bits per heavy atom. The first-order valence-corrected chi connectivity index (χ1v) is 6.31. The first kappa shape index (κ1) is 11.4. The van der Waals surface area contributed by atoms with Gasteiger partial charge in [0.15, 0.2) is 0 Å². The Morgan fingerprint density at radius 2 is 1.73 bits per heavy atom. The maximum absolute atomic E-state index is 9.39. The van der Waals surface area contributed by atoms with Crippen LogP contribution in [-0.2, 0) is 4.74 Å². The molecule has 1 aliphatic heterocycles. The van der Waals surface area contributed by atoms with Gasteiger partial charge in [-0.05, 0) is 50.5 Å². The lowest BCUT2D eigenvalue weighted by atomic mass is 9.87. The lowest BCUT2D eigenvalue weighted by Gasteiger charge is -2.25. The van der Waals surface area contributed by atoms with E-state index in [1.165, 1.54) is 19.3 Å². The molecule has 1 atom stereocenters. The van der Waals surface area contributed by atoms with Gasteiger partial charge in [-0.3, -0.25) is 0 Å². The molecule has 0 aromatic carbocycles. The van der Waals surface area contributed by atoms with E-state index in [1.807, 2.05) is 0 Å². The van der Waals surface area contributed by atoms with Crippen LogP contribution >= 0.6 is 0 Å². The topological polar surface area (TPSA) is 41.5 Å². The number of ether oxygens (including phenoxy) is 1. The first-order valence-electron chi connectivity index (χ1n) is 6.31. The van der Waals surface area contributed by atoms with Gasteiger partial charge in [-0.2, -0.15) is 0 Å². The maximum atomic E-state index is 9.39. The second-order valence-corrected chi connectivity index (χ2v) is 5.06. The molecule has 0 aromatic heterocycles. The predicted octanol–water partition coefficient (Wildman–Crippen LogP) is 1.16. The monoisotopic (exact) mass is 213 g/mol. The third-order valence-corrected chi connectivity index (χ3v) is 3.71. The molecule has 2 N–H and O–H groups in total. The largest absolute Gasteiger partial charge is 0.393 e. The normalized spacial score (nSPS) is 37.0. The Morgan fingerprint density at radius 3 is 2.40 bits per heavy atom. The number of nitrogens with one attached hydrogen (secondary N) is 1. The van der Waals surface area contributed by atoms with Crippen molar-refractivity contribution >= 4 is 0 Å². The lowest BCUT2D eigenvalue weighted by molar-refractivity contribution is 0.108. The summed E-state index contributed by atoms with van der Waals surface area (Å²) in [5.74, 6) is 1.52. The van der Waals surface area contributed by atoms with Crippen LogP contribution in [0.3, 0.4) is 0 Å². The molecule has 0 bridgehead atoms. The van der Waals surface area contributed by atoms with Crippen LogP contribution < -0.4 is 5.32 Å². The molecule has 2 rings (SSSR count). The summed E-state index contributed by atoms with van der Waals surface area (Å²) in [5.41, 5.74) is 0. The van der Waals surface area contributed by atoms with Crippen LogP contribution in [-0.4, -0.2) is 37.5 Å². The quantitative estimate of drug-likeness (QED) is 0.736. The second kappa shape index (κ2) is 5.83. The van der Waals surface area contributed by atoms with Gasteiger partial charge in [0.25, 0.3) is 0 Å². The van der Waals surface area contributed by atoms with Crippen molar-refractivity contribution in [2.24, 2.45) is 11.8 Å². The predicted molar refractivity (Wildman–Crippen MR) is 59.8 cm³/mol. The highest BCUT2D eigenvalue weighted by atomic mass is 16.5. The molecule has 1 saturated heterocycles. The first-order chi connectivity index (χ1) is 7.34. The fraction of sp³-hybridized carbons (Fsp3) is 1.00. The van der Waals surface area contributed by atoms with Crippen LogP contribution in [0.5, 0.6) is 0 Å². The Labute approximate surface area is 92.2 Å². The van der Waals surface area contributed by atoms with E-state index in [-0.39, 0.29) is 6.10 Å². The highest BCUT2D eigenvalue weighted by Gasteiger charge is 2.20. The van der Waals surface area contributed by atoms with Crippen LogP contribution in [0.2, 0.25) is 0 Å². The summed E-state index contributed by atoms with van der Waals surface area (Å²) in [7, 11) is 0. The molecule has 1 aliphatic carbocycles. The average Bonchev–Trinajstić information content (AvgIpc) is 2.74. The molecule has 3 heteroatoms. The van der Waals surface area contributed by atoms with Gasteiger partial charge in [-0.1, -0.05) is 0 Å². The molecular formula is C12H23NO2. The van der Waals surface area contributed by atoms with Gasteiger partial charge in [0, 0.05) is 13.2 Å². The number of hydrogen-bond acceptors (Lipinski definition) is 3. The summed E-state index contributed by atoms with van der Waals surface area (Å²) >= 11 is 0. The summed E-state index contributed by atoms with van der Waals surface area (Å²) in [4.78, 5) is 0. The van der Waals surface area contributed by atoms with Crippen LogP contribution in [0, 0.1) is 11.8 Å². The number of aliphatic hydroxyl groups excluding tert-OH is 1. The van der Waals surface area contributed by atoms with Crippen molar-refractivity contribution in [1.82, 2.24) is 5.32 Å². The van der Waals surface area contributed by atoms with Gasteiger partial charge in [-0.25, -0.2) is 0 Å². The minimum Gasteiger partial charge on any atom is -0.393 e. The van der Waals surface area contributed by atoms with Crippen LogP contribution in [0.1, 0.15) is 32.1 Å². The maximum Gasteiger partial charge on any atom is 0.0540 e. The van der Waals surface area contributed by atoms with E-state index in [2.05, 4.69) is 5.32 Å². The lowest BCUT2D eigenvalue weighted by Crippen LogP contribution is -2.31. The Hall–Kier alpha value is -0.120. The fourth-order valence-electron chi connectivity index (χ4n) is 2.58. The summed E-state index contributed by atoms with van der Waals surface area (Å²) < 4.78 is 5.34. The van der Waals surface area contributed by atoms with Crippen molar-refractivity contribution in [1.29, 1.82) is 0 Å². The molecule has 3 nitrogen and oxygen atoms in total. The average molecular weight is 213 g/mol. The van der Waals surface area contributed by atoms with Crippen molar-refractivity contribution in [2.45, 2.75) is 38.2 Å². The van der Waals surface area contributed by atoms with Gasteiger partial charge in [0.1, 0.15) is 0 Å². The van der Waals surface area contributed by atoms with Crippen LogP contribution in [0.25, 0.3) is 0 Å². The zero-order valence-electron chi connectivity index (χ0n) is 9.45. The molecular weight excluding hydrogens is 190 g/mol. The SMILES string of the molecule is OC1CCC(CNCC2CCOC2)CC1. The van der Waals surface area contributed by atoms with E-state index < -0.39 is 0 Å². The molecule has 0 amide bonds. The molecule has 0 radical (unpaired) electrons. The highest BCUT2D eigenvalue weighted by Crippen LogP contribution is 2.23. The smallest absolute Gasteiger partial charge is 0.0540 e. The number of rotatable bonds is 4. The minimum atomic E-state index is -0.0236. The van der Waals surface area contributed by atoms with E-state index in [1.54, 1.807) is 0 Å². The third-order valence-electron chi connectivity index (χ3n) is 3.71. The van der Waals surface area contributed by atoms with Crippen molar-refractivity contribution in [2.75, 3.05) is 26.3 Å². The van der Waals surface area contributed by atoms with Crippen molar-refractivity contribution < 1.29 is 9.84 Å². The van der Waals surface area contributed by atoms with Crippen LogP contribution in [0.15, 0.2) is 0 Å². The molecule has 0 spiro atoms. The summed E-state index contributed by atoms with van der Waals surface area (Å²) in [5, 5.41) is 12.9. The third kappa shape index (κ3) is 3.74. The van der Waals surface area contributed by atoms with Gasteiger partial charge < -0.3 is 15.2 Å². The zero-order valence-corrected chi connectivity index (χ0v) is 9.45. The second-order valence-electron chi connectivity index (χ2n) is 5.06. The Balaban J connectivity index is 1.53. The van der Waals surface area contributed by atoms with Crippen molar-refractivity contribution in [3.05, 3.63) is 0 Å².